The molecule has 0 radical (unpaired) electrons. The fourth-order valence-electron chi connectivity index (χ4n) is 3.40. The molecule has 0 atom stereocenters. The Morgan fingerprint density at radius 3 is 2.15 bits per heavy atom. The van der Waals surface area contributed by atoms with Crippen LogP contribution >= 0.6 is 0 Å². The zero-order valence-electron chi connectivity index (χ0n) is 14.8. The smallest absolute Gasteiger partial charge is 0.257 e. The number of halogens is 2. The summed E-state index contributed by atoms with van der Waals surface area (Å²) in [6.07, 6.45) is 4.99. The van der Waals surface area contributed by atoms with Gasteiger partial charge in [-0.2, -0.15) is 0 Å². The summed E-state index contributed by atoms with van der Waals surface area (Å²) in [5.41, 5.74) is 1.59. The minimum Gasteiger partial charge on any atom is -0.348 e. The Labute approximate surface area is 153 Å². The maximum absolute atomic E-state index is 13.7. The molecule has 0 aromatic heterocycles. The number of carbonyl (C=O) groups excluding carboxylic acids is 1. The summed E-state index contributed by atoms with van der Waals surface area (Å²) < 4.78 is 27.5. The maximum atomic E-state index is 13.7. The molecule has 1 heterocycles. The van der Waals surface area contributed by atoms with E-state index in [1.54, 1.807) is 0 Å². The Kier molecular flexibility index (Phi) is 6.34. The van der Waals surface area contributed by atoms with E-state index in [2.05, 4.69) is 16.3 Å². The second-order valence-electron chi connectivity index (χ2n) is 6.74. The zero-order chi connectivity index (χ0) is 18.4. The lowest BCUT2D eigenvalue weighted by molar-refractivity contribution is 0.0942. The normalized spacial score (nSPS) is 15.5. The van der Waals surface area contributed by atoms with Crippen LogP contribution < -0.4 is 5.32 Å². The molecule has 3 rings (SSSR count). The van der Waals surface area contributed by atoms with Crippen molar-refractivity contribution in [1.82, 2.24) is 10.2 Å². The fourth-order valence-corrected chi connectivity index (χ4v) is 3.40. The van der Waals surface area contributed by atoms with Gasteiger partial charge in [0.25, 0.3) is 5.91 Å². The molecule has 1 fully saturated rings. The Morgan fingerprint density at radius 1 is 0.885 bits per heavy atom. The predicted octanol–water partition coefficient (Wildman–Crippen LogP) is 4.27. The zero-order valence-corrected chi connectivity index (χ0v) is 14.8. The lowest BCUT2D eigenvalue weighted by atomic mass is 10.1. The van der Waals surface area contributed by atoms with Gasteiger partial charge in [0.15, 0.2) is 0 Å². The third-order valence-electron chi connectivity index (χ3n) is 4.84. The van der Waals surface area contributed by atoms with Crippen LogP contribution in [0.5, 0.6) is 0 Å². The highest BCUT2D eigenvalue weighted by molar-refractivity contribution is 5.94. The van der Waals surface area contributed by atoms with Gasteiger partial charge < -0.3 is 5.32 Å². The van der Waals surface area contributed by atoms with Crippen molar-refractivity contribution >= 4 is 5.91 Å². The standard InChI is InChI=1S/C21H24F2N2O/c22-18-10-7-11-19(23)20(18)21(26)24-14-16-8-3-4-9-17(16)15-25-12-5-1-2-6-13-25/h3-4,7-11H,1-2,5-6,12-15H2,(H,24,26). The van der Waals surface area contributed by atoms with Crippen LogP contribution in [0.1, 0.15) is 47.2 Å². The van der Waals surface area contributed by atoms with Crippen molar-refractivity contribution in [2.24, 2.45) is 0 Å². The summed E-state index contributed by atoms with van der Waals surface area (Å²) in [7, 11) is 0. The first kappa shape index (κ1) is 18.5. The van der Waals surface area contributed by atoms with Crippen molar-refractivity contribution in [1.29, 1.82) is 0 Å². The number of likely N-dealkylation sites (tertiary alicyclic amines) is 1. The highest BCUT2D eigenvalue weighted by Crippen LogP contribution is 2.17. The molecule has 0 spiro atoms. The first-order valence-corrected chi connectivity index (χ1v) is 9.16. The number of amides is 1. The van der Waals surface area contributed by atoms with Crippen LogP contribution in [0.25, 0.3) is 0 Å². The number of hydrogen-bond donors (Lipinski definition) is 1. The van der Waals surface area contributed by atoms with Crippen molar-refractivity contribution in [3.05, 3.63) is 70.8 Å². The van der Waals surface area contributed by atoms with E-state index in [4.69, 9.17) is 0 Å². The Hall–Kier alpha value is -2.27. The topological polar surface area (TPSA) is 32.3 Å². The predicted molar refractivity (Wildman–Crippen MR) is 97.7 cm³/mol. The molecule has 1 amide bonds. The number of hydrogen-bond acceptors (Lipinski definition) is 2. The maximum Gasteiger partial charge on any atom is 0.257 e. The van der Waals surface area contributed by atoms with Gasteiger partial charge in [0, 0.05) is 13.1 Å². The summed E-state index contributed by atoms with van der Waals surface area (Å²) in [6.45, 7) is 3.25. The van der Waals surface area contributed by atoms with Crippen LogP contribution in [0, 0.1) is 11.6 Å². The van der Waals surface area contributed by atoms with Crippen molar-refractivity contribution in [3.63, 3.8) is 0 Å². The Balaban J connectivity index is 1.67. The Bertz CT molecular complexity index is 735. The van der Waals surface area contributed by atoms with Gasteiger partial charge in [-0.15, -0.1) is 0 Å². The lowest BCUT2D eigenvalue weighted by Crippen LogP contribution is -2.27. The second kappa shape index (κ2) is 8.90. The van der Waals surface area contributed by atoms with Crippen LogP contribution in [0.4, 0.5) is 8.78 Å². The van der Waals surface area contributed by atoms with Crippen LogP contribution in [0.3, 0.4) is 0 Å². The first-order valence-electron chi connectivity index (χ1n) is 9.16. The molecule has 1 aliphatic rings. The molecular weight excluding hydrogens is 334 g/mol. The number of benzene rings is 2. The number of nitrogens with one attached hydrogen (secondary N) is 1. The quantitative estimate of drug-likeness (QED) is 0.866. The molecule has 0 bridgehead atoms. The van der Waals surface area contributed by atoms with E-state index in [1.807, 2.05) is 18.2 Å². The van der Waals surface area contributed by atoms with Crippen molar-refractivity contribution in [3.8, 4) is 0 Å². The number of nitrogens with zero attached hydrogens (tertiary/aromatic N) is 1. The third kappa shape index (κ3) is 4.67. The minimum atomic E-state index is -0.847. The molecule has 5 heteroatoms. The highest BCUT2D eigenvalue weighted by Gasteiger charge is 2.17. The number of rotatable bonds is 5. The molecule has 3 nitrogen and oxygen atoms in total. The summed E-state index contributed by atoms with van der Waals surface area (Å²) in [5, 5.41) is 2.65. The Morgan fingerprint density at radius 2 is 1.50 bits per heavy atom. The summed E-state index contributed by atoms with van der Waals surface area (Å²) in [4.78, 5) is 14.6. The monoisotopic (exact) mass is 358 g/mol. The second-order valence-corrected chi connectivity index (χ2v) is 6.74. The summed E-state index contributed by atoms with van der Waals surface area (Å²) in [6, 6.07) is 11.3. The minimum absolute atomic E-state index is 0.247. The molecule has 138 valence electrons. The third-order valence-corrected chi connectivity index (χ3v) is 4.84. The van der Waals surface area contributed by atoms with Gasteiger partial charge in [-0.3, -0.25) is 9.69 Å². The van der Waals surface area contributed by atoms with Gasteiger partial charge in [0.1, 0.15) is 17.2 Å². The van der Waals surface area contributed by atoms with E-state index in [1.165, 1.54) is 31.7 Å². The van der Waals surface area contributed by atoms with Gasteiger partial charge in [-0.1, -0.05) is 43.2 Å². The van der Waals surface area contributed by atoms with Crippen LogP contribution in [-0.4, -0.2) is 23.9 Å². The van der Waals surface area contributed by atoms with Crippen molar-refractivity contribution < 1.29 is 13.6 Å². The largest absolute Gasteiger partial charge is 0.348 e. The molecule has 26 heavy (non-hydrogen) atoms. The molecule has 1 N–H and O–H groups in total. The van der Waals surface area contributed by atoms with E-state index in [0.717, 1.165) is 42.9 Å². The van der Waals surface area contributed by atoms with E-state index >= 15 is 0 Å². The van der Waals surface area contributed by atoms with Crippen LogP contribution in [0.15, 0.2) is 42.5 Å². The van der Waals surface area contributed by atoms with Crippen molar-refractivity contribution in [2.45, 2.75) is 38.8 Å². The highest BCUT2D eigenvalue weighted by atomic mass is 19.1. The van der Waals surface area contributed by atoms with Crippen molar-refractivity contribution in [2.75, 3.05) is 13.1 Å². The van der Waals surface area contributed by atoms with E-state index in [9.17, 15) is 13.6 Å². The van der Waals surface area contributed by atoms with Gasteiger partial charge in [0.2, 0.25) is 0 Å². The van der Waals surface area contributed by atoms with E-state index < -0.39 is 23.1 Å². The first-order chi connectivity index (χ1) is 12.6. The summed E-state index contributed by atoms with van der Waals surface area (Å²) in [5.74, 6) is -2.43. The van der Waals surface area contributed by atoms with Gasteiger partial charge in [-0.05, 0) is 49.2 Å². The average molecular weight is 358 g/mol. The molecule has 0 unspecified atom stereocenters. The number of carbonyl (C=O) groups is 1. The van der Waals surface area contributed by atoms with Gasteiger partial charge in [-0.25, -0.2) is 8.78 Å². The lowest BCUT2D eigenvalue weighted by Gasteiger charge is -2.21. The van der Waals surface area contributed by atoms with E-state index in [0.29, 0.717) is 0 Å². The van der Waals surface area contributed by atoms with Crippen LogP contribution in [0.2, 0.25) is 0 Å². The van der Waals surface area contributed by atoms with E-state index in [-0.39, 0.29) is 6.54 Å². The molecule has 0 aliphatic carbocycles. The van der Waals surface area contributed by atoms with Gasteiger partial charge in [0.05, 0.1) is 0 Å². The molecule has 2 aromatic carbocycles. The molecule has 0 saturated carbocycles. The average Bonchev–Trinajstić information content (AvgIpc) is 2.89. The molecule has 1 saturated heterocycles. The van der Waals surface area contributed by atoms with Gasteiger partial charge >= 0.3 is 0 Å². The molecule has 1 aliphatic heterocycles. The molecule has 2 aromatic rings. The van der Waals surface area contributed by atoms with Crippen LogP contribution in [-0.2, 0) is 13.1 Å². The molecular formula is C21H24F2N2O. The summed E-state index contributed by atoms with van der Waals surface area (Å²) >= 11 is 0. The fraction of sp³-hybridized carbons (Fsp3) is 0.381. The SMILES string of the molecule is O=C(NCc1ccccc1CN1CCCCCC1)c1c(F)cccc1F.